The summed E-state index contributed by atoms with van der Waals surface area (Å²) in [6.45, 7) is -0.161. The molecule has 0 aliphatic heterocycles. The fraction of sp³-hybridized carbons (Fsp3) is 0.200. The molecule has 1 aromatic rings. The normalized spacial score (nSPS) is 9.70. The molecule has 0 fully saturated rings. The Morgan fingerprint density at radius 3 is 2.70 bits per heavy atom. The summed E-state index contributed by atoms with van der Waals surface area (Å²) in [6, 6.07) is 0. The number of rotatable bonds is 1. The van der Waals surface area contributed by atoms with Crippen molar-refractivity contribution in [2.75, 3.05) is 11.5 Å². The highest BCUT2D eigenvalue weighted by atomic mass is 16.3. The molecule has 10 heavy (non-hydrogen) atoms. The summed E-state index contributed by atoms with van der Waals surface area (Å²) in [6.07, 6.45) is 1.40. The van der Waals surface area contributed by atoms with Crippen LogP contribution in [0.25, 0.3) is 0 Å². The minimum atomic E-state index is -0.161. The molecule has 1 rings (SSSR count). The summed E-state index contributed by atoms with van der Waals surface area (Å²) in [7, 11) is 0. The van der Waals surface area contributed by atoms with E-state index in [9.17, 15) is 0 Å². The van der Waals surface area contributed by atoms with Crippen molar-refractivity contribution in [3.63, 3.8) is 0 Å². The third kappa shape index (κ3) is 1.14. The zero-order valence-electron chi connectivity index (χ0n) is 5.28. The number of hydrogen-bond donors (Lipinski definition) is 3. The zero-order valence-corrected chi connectivity index (χ0v) is 5.28. The highest BCUT2D eigenvalue weighted by Gasteiger charge is 1.98. The predicted octanol–water partition coefficient (Wildman–Crippen LogP) is -0.867. The number of aliphatic hydroxyl groups excluding tert-OH is 1. The molecule has 1 heterocycles. The fourth-order valence-electron chi connectivity index (χ4n) is 0.556. The van der Waals surface area contributed by atoms with Crippen molar-refractivity contribution in [3.05, 3.63) is 11.8 Å². The molecule has 1 aromatic heterocycles. The van der Waals surface area contributed by atoms with Crippen LogP contribution in [0.3, 0.4) is 0 Å². The smallest absolute Gasteiger partial charge is 0.221 e. The van der Waals surface area contributed by atoms with E-state index in [2.05, 4.69) is 9.97 Å². The average Bonchev–Trinajstić information content (AvgIpc) is 1.88. The van der Waals surface area contributed by atoms with E-state index < -0.39 is 0 Å². The lowest BCUT2D eigenvalue weighted by Gasteiger charge is -1.99. The van der Waals surface area contributed by atoms with Crippen molar-refractivity contribution >= 4 is 11.8 Å². The van der Waals surface area contributed by atoms with Crippen molar-refractivity contribution in [1.82, 2.24) is 9.97 Å². The Labute approximate surface area is 57.7 Å². The molecular formula is C5H8N4O. The quantitative estimate of drug-likeness (QED) is 0.471. The summed E-state index contributed by atoms with van der Waals surface area (Å²) in [5.74, 6) is 0.352. The second-order valence-corrected chi connectivity index (χ2v) is 1.80. The molecule has 0 aromatic carbocycles. The van der Waals surface area contributed by atoms with Gasteiger partial charge in [0.25, 0.3) is 0 Å². The van der Waals surface area contributed by atoms with E-state index in [1.807, 2.05) is 0 Å². The van der Waals surface area contributed by atoms with Crippen molar-refractivity contribution in [3.8, 4) is 0 Å². The van der Waals surface area contributed by atoms with Crippen LogP contribution in [-0.4, -0.2) is 15.1 Å². The number of nitrogens with two attached hydrogens (primary N) is 2. The number of aliphatic hydroxyl groups is 1. The lowest BCUT2D eigenvalue weighted by molar-refractivity contribution is 0.282. The van der Waals surface area contributed by atoms with Crippen LogP contribution in [0.15, 0.2) is 6.20 Å². The van der Waals surface area contributed by atoms with E-state index in [1.165, 1.54) is 6.20 Å². The Morgan fingerprint density at radius 1 is 1.50 bits per heavy atom. The maximum absolute atomic E-state index is 8.61. The predicted molar refractivity (Wildman–Crippen MR) is 36.8 cm³/mol. The molecule has 0 unspecified atom stereocenters. The first kappa shape index (κ1) is 6.76. The summed E-state index contributed by atoms with van der Waals surface area (Å²) in [5, 5.41) is 8.61. The van der Waals surface area contributed by atoms with Gasteiger partial charge in [-0.1, -0.05) is 0 Å². The maximum Gasteiger partial charge on any atom is 0.221 e. The van der Waals surface area contributed by atoms with Gasteiger partial charge >= 0.3 is 0 Å². The van der Waals surface area contributed by atoms with Gasteiger partial charge in [0, 0.05) is 11.8 Å². The summed E-state index contributed by atoms with van der Waals surface area (Å²) in [4.78, 5) is 7.27. The molecule has 5 N–H and O–H groups in total. The lowest BCUT2D eigenvalue weighted by atomic mass is 10.3. The van der Waals surface area contributed by atoms with Gasteiger partial charge in [-0.15, -0.1) is 0 Å². The van der Waals surface area contributed by atoms with Gasteiger partial charge in [-0.2, -0.15) is 4.98 Å². The van der Waals surface area contributed by atoms with E-state index >= 15 is 0 Å². The lowest BCUT2D eigenvalue weighted by Crippen LogP contribution is -2.02. The molecule has 54 valence electrons. The molecule has 0 aliphatic carbocycles. The molecule has 0 saturated heterocycles. The van der Waals surface area contributed by atoms with Crippen LogP contribution in [0.1, 0.15) is 5.56 Å². The molecule has 0 spiro atoms. The van der Waals surface area contributed by atoms with E-state index in [1.54, 1.807) is 0 Å². The van der Waals surface area contributed by atoms with Gasteiger partial charge in [-0.3, -0.25) is 0 Å². The zero-order chi connectivity index (χ0) is 7.56. The van der Waals surface area contributed by atoms with Gasteiger partial charge in [0.1, 0.15) is 5.82 Å². The Balaban J connectivity index is 3.07. The molecule has 0 aliphatic rings. The molecule has 0 atom stereocenters. The Bertz CT molecular complexity index is 237. The van der Waals surface area contributed by atoms with E-state index in [0.29, 0.717) is 5.56 Å². The highest BCUT2D eigenvalue weighted by molar-refractivity contribution is 5.40. The van der Waals surface area contributed by atoms with Crippen LogP contribution in [0.2, 0.25) is 0 Å². The van der Waals surface area contributed by atoms with Crippen LogP contribution in [0.4, 0.5) is 11.8 Å². The van der Waals surface area contributed by atoms with Crippen molar-refractivity contribution in [1.29, 1.82) is 0 Å². The summed E-state index contributed by atoms with van der Waals surface area (Å²) >= 11 is 0. The highest BCUT2D eigenvalue weighted by Crippen LogP contribution is 2.06. The third-order valence-corrected chi connectivity index (χ3v) is 1.09. The Morgan fingerprint density at radius 2 is 2.20 bits per heavy atom. The van der Waals surface area contributed by atoms with Crippen LogP contribution in [0, 0.1) is 0 Å². The molecule has 0 amide bonds. The van der Waals surface area contributed by atoms with Crippen molar-refractivity contribution in [2.24, 2.45) is 0 Å². The second kappa shape index (κ2) is 2.49. The molecule has 5 nitrogen and oxygen atoms in total. The van der Waals surface area contributed by atoms with Gasteiger partial charge in [0.05, 0.1) is 6.61 Å². The van der Waals surface area contributed by atoms with Crippen LogP contribution >= 0.6 is 0 Å². The molecule has 0 radical (unpaired) electrons. The van der Waals surface area contributed by atoms with Gasteiger partial charge in [-0.05, 0) is 0 Å². The topological polar surface area (TPSA) is 98.0 Å². The van der Waals surface area contributed by atoms with E-state index in [-0.39, 0.29) is 18.4 Å². The SMILES string of the molecule is Nc1ncc(CO)c(N)n1. The van der Waals surface area contributed by atoms with E-state index in [0.717, 1.165) is 0 Å². The van der Waals surface area contributed by atoms with Crippen LogP contribution in [0.5, 0.6) is 0 Å². The summed E-state index contributed by atoms with van der Waals surface area (Å²) in [5.41, 5.74) is 11.0. The number of aromatic nitrogens is 2. The molecule has 0 saturated carbocycles. The van der Waals surface area contributed by atoms with Gasteiger partial charge in [-0.25, -0.2) is 4.98 Å². The maximum atomic E-state index is 8.61. The Hall–Kier alpha value is -1.36. The van der Waals surface area contributed by atoms with Gasteiger partial charge in [0.15, 0.2) is 0 Å². The van der Waals surface area contributed by atoms with Crippen LogP contribution < -0.4 is 11.5 Å². The largest absolute Gasteiger partial charge is 0.391 e. The molecular weight excluding hydrogens is 132 g/mol. The summed E-state index contributed by atoms with van der Waals surface area (Å²) < 4.78 is 0. The first-order valence-electron chi connectivity index (χ1n) is 2.71. The van der Waals surface area contributed by atoms with Crippen molar-refractivity contribution < 1.29 is 5.11 Å². The number of anilines is 2. The average molecular weight is 140 g/mol. The number of nitrogens with zero attached hydrogens (tertiary/aromatic N) is 2. The number of nitrogen functional groups attached to an aromatic ring is 2. The van der Waals surface area contributed by atoms with Gasteiger partial charge in [0.2, 0.25) is 5.95 Å². The fourth-order valence-corrected chi connectivity index (χ4v) is 0.556. The monoisotopic (exact) mass is 140 g/mol. The number of hydrogen-bond acceptors (Lipinski definition) is 5. The standard InChI is InChI=1S/C5H8N4O/c6-4-3(2-10)1-8-5(7)9-4/h1,10H,2H2,(H4,6,7,8,9). The van der Waals surface area contributed by atoms with Crippen LogP contribution in [-0.2, 0) is 6.61 Å². The van der Waals surface area contributed by atoms with Gasteiger partial charge < -0.3 is 16.6 Å². The second-order valence-electron chi connectivity index (χ2n) is 1.80. The Kier molecular flexibility index (Phi) is 1.68. The molecule has 5 heteroatoms. The minimum Gasteiger partial charge on any atom is -0.391 e. The first-order valence-corrected chi connectivity index (χ1v) is 2.71. The van der Waals surface area contributed by atoms with E-state index in [4.69, 9.17) is 16.6 Å². The molecule has 0 bridgehead atoms. The first-order chi connectivity index (χ1) is 4.74. The minimum absolute atomic E-state index is 0.120. The van der Waals surface area contributed by atoms with Crippen molar-refractivity contribution in [2.45, 2.75) is 6.61 Å². The third-order valence-electron chi connectivity index (χ3n) is 1.09.